The number of hydrogen-bond acceptors (Lipinski definition) is 10. The summed E-state index contributed by atoms with van der Waals surface area (Å²) in [5.41, 5.74) is 2.16. The highest BCUT2D eigenvalue weighted by Crippen LogP contribution is 2.42. The summed E-state index contributed by atoms with van der Waals surface area (Å²) < 4.78 is 22.5. The molecule has 3 aromatic carbocycles. The summed E-state index contributed by atoms with van der Waals surface area (Å²) in [7, 11) is 1.46. The van der Waals surface area contributed by atoms with E-state index in [0.29, 0.717) is 21.5 Å². The third-order valence-electron chi connectivity index (χ3n) is 5.06. The van der Waals surface area contributed by atoms with Crippen LogP contribution in [0, 0.1) is 20.2 Å². The molecular formula is C26H23BrN4O9. The van der Waals surface area contributed by atoms with Crippen LogP contribution in [0.15, 0.2) is 70.8 Å². The first-order chi connectivity index (χ1) is 19.2. The molecule has 0 saturated heterocycles. The summed E-state index contributed by atoms with van der Waals surface area (Å²) in [6, 6.07) is 10.8. The third-order valence-corrected chi connectivity index (χ3v) is 5.65. The lowest BCUT2D eigenvalue weighted by Crippen LogP contribution is -2.17. The Morgan fingerprint density at radius 3 is 2.42 bits per heavy atom. The average molecular weight is 615 g/mol. The summed E-state index contributed by atoms with van der Waals surface area (Å²) in [6.45, 7) is 5.83. The fraction of sp³-hybridized carbons (Fsp3) is 0.154. The second kappa shape index (κ2) is 13.7. The summed E-state index contributed by atoms with van der Waals surface area (Å²) in [6.07, 6.45) is 2.95. The zero-order chi connectivity index (χ0) is 29.2. The first-order valence-corrected chi connectivity index (χ1v) is 12.3. The van der Waals surface area contributed by atoms with E-state index in [1.54, 1.807) is 37.3 Å². The molecule has 3 aromatic rings. The van der Waals surface area contributed by atoms with Gasteiger partial charge in [-0.25, -0.2) is 5.43 Å². The fourth-order valence-corrected chi connectivity index (χ4v) is 3.83. The van der Waals surface area contributed by atoms with Crippen LogP contribution < -0.4 is 24.4 Å². The maximum absolute atomic E-state index is 12.6. The van der Waals surface area contributed by atoms with Crippen molar-refractivity contribution in [3.8, 4) is 28.7 Å². The molecule has 14 heteroatoms. The molecule has 1 amide bonds. The molecule has 0 radical (unpaired) electrons. The molecule has 0 aromatic heterocycles. The van der Waals surface area contributed by atoms with Crippen LogP contribution in [0.3, 0.4) is 0 Å². The highest BCUT2D eigenvalue weighted by molar-refractivity contribution is 9.10. The minimum Gasteiger partial charge on any atom is -0.493 e. The molecule has 0 aliphatic rings. The first-order valence-electron chi connectivity index (χ1n) is 11.5. The average Bonchev–Trinajstić information content (AvgIpc) is 2.93. The Bertz CT molecular complexity index is 1480. The third kappa shape index (κ3) is 7.32. The van der Waals surface area contributed by atoms with E-state index in [-0.39, 0.29) is 36.0 Å². The molecule has 0 aliphatic heterocycles. The van der Waals surface area contributed by atoms with Crippen molar-refractivity contribution in [3.63, 3.8) is 0 Å². The highest BCUT2D eigenvalue weighted by Gasteiger charge is 2.23. The molecule has 0 atom stereocenters. The van der Waals surface area contributed by atoms with Gasteiger partial charge in [0, 0.05) is 11.6 Å². The van der Waals surface area contributed by atoms with Gasteiger partial charge in [0.05, 0.1) is 40.3 Å². The Hall–Kier alpha value is -4.98. The van der Waals surface area contributed by atoms with Crippen molar-refractivity contribution < 1.29 is 33.6 Å². The van der Waals surface area contributed by atoms with E-state index in [4.69, 9.17) is 18.9 Å². The van der Waals surface area contributed by atoms with Gasteiger partial charge in [-0.2, -0.15) is 5.10 Å². The summed E-state index contributed by atoms with van der Waals surface area (Å²) >= 11 is 3.36. The standard InChI is InChI=1S/C26H23BrN4O9/c1-4-10-39-22-8-6-17(13-23(22)37-3)26(32)29-28-15-16-11-19(27)25(24(12-16)38-5-2)40-21-9-7-18(30(33)34)14-20(21)31(35)36/h4,6-9,11-15H,1,5,10H2,2-3H3,(H,29,32)/b28-15+. The van der Waals surface area contributed by atoms with Gasteiger partial charge in [0.2, 0.25) is 5.75 Å². The number of hydrogen-bond donors (Lipinski definition) is 1. The number of methoxy groups -OCH3 is 1. The number of benzene rings is 3. The number of halogens is 1. The zero-order valence-corrected chi connectivity index (χ0v) is 22.9. The number of nitro benzene ring substituents is 2. The Labute approximate surface area is 236 Å². The van der Waals surface area contributed by atoms with Gasteiger partial charge in [-0.15, -0.1) is 0 Å². The van der Waals surface area contributed by atoms with Crippen molar-refractivity contribution in [1.29, 1.82) is 0 Å². The number of hydrazone groups is 1. The van der Waals surface area contributed by atoms with E-state index in [9.17, 15) is 25.0 Å². The van der Waals surface area contributed by atoms with Gasteiger partial charge in [0.1, 0.15) is 6.61 Å². The molecule has 0 unspecified atom stereocenters. The largest absolute Gasteiger partial charge is 0.493 e. The second-order valence-electron chi connectivity index (χ2n) is 7.70. The predicted molar refractivity (Wildman–Crippen MR) is 149 cm³/mol. The lowest BCUT2D eigenvalue weighted by molar-refractivity contribution is -0.394. The van der Waals surface area contributed by atoms with Crippen LogP contribution >= 0.6 is 15.9 Å². The molecular weight excluding hydrogens is 592 g/mol. The normalized spacial score (nSPS) is 10.6. The van der Waals surface area contributed by atoms with Crippen LogP contribution in [-0.2, 0) is 0 Å². The van der Waals surface area contributed by atoms with Crippen LogP contribution in [0.1, 0.15) is 22.8 Å². The SMILES string of the molecule is C=CCOc1ccc(C(=O)N/N=C/c2cc(Br)c(Oc3ccc([N+](=O)[O-])cc3[N+](=O)[O-])c(OCC)c2)cc1OC. The van der Waals surface area contributed by atoms with Crippen LogP contribution in [0.2, 0.25) is 0 Å². The smallest absolute Gasteiger partial charge is 0.318 e. The molecule has 0 fully saturated rings. The van der Waals surface area contributed by atoms with Gasteiger partial charge in [-0.05, 0) is 64.8 Å². The number of carbonyl (C=O) groups is 1. The summed E-state index contributed by atoms with van der Waals surface area (Å²) in [4.78, 5) is 33.6. The molecule has 1 N–H and O–H groups in total. The highest BCUT2D eigenvalue weighted by atomic mass is 79.9. The number of non-ortho nitro benzene ring substituents is 1. The van der Waals surface area contributed by atoms with Crippen LogP contribution in [-0.4, -0.2) is 42.3 Å². The monoisotopic (exact) mass is 614 g/mol. The van der Waals surface area contributed by atoms with Crippen LogP contribution in [0.25, 0.3) is 0 Å². The van der Waals surface area contributed by atoms with E-state index in [2.05, 4.69) is 33.0 Å². The maximum Gasteiger partial charge on any atom is 0.318 e. The molecule has 0 aliphatic carbocycles. The Balaban J connectivity index is 1.82. The summed E-state index contributed by atoms with van der Waals surface area (Å²) in [5, 5.41) is 26.5. The Morgan fingerprint density at radius 2 is 1.77 bits per heavy atom. The summed E-state index contributed by atoms with van der Waals surface area (Å²) in [5.74, 6) is 0.411. The van der Waals surface area contributed by atoms with Crippen molar-refractivity contribution in [2.45, 2.75) is 6.92 Å². The quantitative estimate of drug-likeness (QED) is 0.108. The molecule has 208 valence electrons. The molecule has 0 spiro atoms. The van der Waals surface area contributed by atoms with Crippen molar-refractivity contribution in [2.75, 3.05) is 20.3 Å². The molecule has 3 rings (SSSR count). The van der Waals surface area contributed by atoms with Gasteiger partial charge >= 0.3 is 5.69 Å². The van der Waals surface area contributed by atoms with Gasteiger partial charge in [-0.1, -0.05) is 12.7 Å². The number of nitrogens with one attached hydrogen (secondary N) is 1. The van der Waals surface area contributed by atoms with Crippen molar-refractivity contribution in [3.05, 3.63) is 97.0 Å². The molecule has 0 saturated carbocycles. The van der Waals surface area contributed by atoms with Crippen LogP contribution in [0.4, 0.5) is 11.4 Å². The van der Waals surface area contributed by atoms with Crippen molar-refractivity contribution in [1.82, 2.24) is 5.43 Å². The minimum absolute atomic E-state index is 0.103. The van der Waals surface area contributed by atoms with E-state index < -0.39 is 27.1 Å². The first kappa shape index (κ1) is 29.6. The lowest BCUT2D eigenvalue weighted by atomic mass is 10.2. The van der Waals surface area contributed by atoms with Gasteiger partial charge in [0.25, 0.3) is 11.6 Å². The van der Waals surface area contributed by atoms with Gasteiger partial charge < -0.3 is 18.9 Å². The van der Waals surface area contributed by atoms with E-state index in [0.717, 1.165) is 18.2 Å². The van der Waals surface area contributed by atoms with Crippen molar-refractivity contribution in [2.24, 2.45) is 5.10 Å². The van der Waals surface area contributed by atoms with Crippen molar-refractivity contribution >= 4 is 39.4 Å². The Kier molecular flexibility index (Phi) is 10.1. The number of ether oxygens (including phenoxy) is 4. The maximum atomic E-state index is 12.6. The molecule has 40 heavy (non-hydrogen) atoms. The van der Waals surface area contributed by atoms with Gasteiger partial charge in [-0.3, -0.25) is 25.0 Å². The number of amides is 1. The zero-order valence-electron chi connectivity index (χ0n) is 21.3. The second-order valence-corrected chi connectivity index (χ2v) is 8.55. The molecule has 13 nitrogen and oxygen atoms in total. The minimum atomic E-state index is -0.780. The predicted octanol–water partition coefficient (Wildman–Crippen LogP) is 5.79. The van der Waals surface area contributed by atoms with Gasteiger partial charge in [0.15, 0.2) is 23.0 Å². The number of carbonyl (C=O) groups excluding carboxylic acids is 1. The molecule has 0 bridgehead atoms. The number of nitrogens with zero attached hydrogens (tertiary/aromatic N) is 3. The number of rotatable bonds is 13. The van der Waals surface area contributed by atoms with E-state index in [1.807, 2.05) is 0 Å². The topological polar surface area (TPSA) is 165 Å². The fourth-order valence-electron chi connectivity index (χ4n) is 3.29. The van der Waals surface area contributed by atoms with E-state index in [1.165, 1.54) is 19.4 Å². The van der Waals surface area contributed by atoms with Crippen LogP contribution in [0.5, 0.6) is 28.7 Å². The Morgan fingerprint density at radius 1 is 1.02 bits per heavy atom. The lowest BCUT2D eigenvalue weighted by Gasteiger charge is -2.14. The number of nitro groups is 2. The molecule has 0 heterocycles. The van der Waals surface area contributed by atoms with E-state index >= 15 is 0 Å².